The second-order valence-corrected chi connectivity index (χ2v) is 6.20. The Morgan fingerprint density at radius 1 is 1.53 bits per heavy atom. The Hall–Kier alpha value is -0.580. The number of aliphatic hydroxyl groups is 1. The molecule has 2 atom stereocenters. The lowest BCUT2D eigenvalue weighted by molar-refractivity contribution is 0.279. The zero-order valence-electron chi connectivity index (χ0n) is 11.5. The molecule has 1 fully saturated rings. The summed E-state index contributed by atoms with van der Waals surface area (Å²) in [5.74, 6) is 0. The Kier molecular flexibility index (Phi) is 5.25. The fourth-order valence-corrected chi connectivity index (χ4v) is 3.59. The van der Waals surface area contributed by atoms with Crippen molar-refractivity contribution in [2.45, 2.75) is 44.7 Å². The number of aliphatic hydroxyl groups excluding tert-OH is 1. The molecule has 0 saturated carbocycles. The number of benzene rings is 1. The van der Waals surface area contributed by atoms with Gasteiger partial charge in [-0.2, -0.15) is 0 Å². The van der Waals surface area contributed by atoms with Crippen molar-refractivity contribution < 1.29 is 5.11 Å². The summed E-state index contributed by atoms with van der Waals surface area (Å²) in [6.45, 7) is 3.40. The van der Waals surface area contributed by atoms with Gasteiger partial charge in [0.25, 0.3) is 0 Å². The van der Waals surface area contributed by atoms with E-state index in [-0.39, 0.29) is 12.6 Å². The van der Waals surface area contributed by atoms with Crippen LogP contribution in [0.15, 0.2) is 22.7 Å². The highest BCUT2D eigenvalue weighted by atomic mass is 79.9. The number of anilines is 1. The van der Waals surface area contributed by atoms with Crippen molar-refractivity contribution >= 4 is 21.6 Å². The summed E-state index contributed by atoms with van der Waals surface area (Å²) in [4.78, 5) is 2.46. The molecule has 19 heavy (non-hydrogen) atoms. The van der Waals surface area contributed by atoms with E-state index in [0.29, 0.717) is 6.04 Å². The van der Waals surface area contributed by atoms with Gasteiger partial charge in [-0.05, 0) is 50.3 Å². The molecular formula is C15H23BrN2O. The van der Waals surface area contributed by atoms with Gasteiger partial charge in [-0.15, -0.1) is 0 Å². The Balaban J connectivity index is 2.14. The van der Waals surface area contributed by atoms with Crippen LogP contribution in [0, 0.1) is 0 Å². The van der Waals surface area contributed by atoms with Crippen LogP contribution in [0.5, 0.6) is 0 Å². The summed E-state index contributed by atoms with van der Waals surface area (Å²) in [5.41, 5.74) is 8.35. The van der Waals surface area contributed by atoms with E-state index in [1.54, 1.807) is 0 Å². The minimum Gasteiger partial charge on any atom is -0.396 e. The predicted octanol–water partition coefficient (Wildman–Crippen LogP) is 3.21. The summed E-state index contributed by atoms with van der Waals surface area (Å²) < 4.78 is 1.09. The fourth-order valence-electron chi connectivity index (χ4n) is 2.87. The quantitative estimate of drug-likeness (QED) is 0.873. The van der Waals surface area contributed by atoms with Crippen LogP contribution in [-0.2, 0) is 0 Å². The molecule has 0 bridgehead atoms. The van der Waals surface area contributed by atoms with Crippen molar-refractivity contribution in [3.05, 3.63) is 28.2 Å². The normalized spacial score (nSPS) is 20.8. The third kappa shape index (κ3) is 3.50. The molecule has 3 N–H and O–H groups in total. The topological polar surface area (TPSA) is 49.5 Å². The Morgan fingerprint density at radius 3 is 2.95 bits per heavy atom. The first kappa shape index (κ1) is 14.8. The van der Waals surface area contributed by atoms with Crippen LogP contribution < -0.4 is 10.6 Å². The smallest absolute Gasteiger partial charge is 0.0431 e. The Labute approximate surface area is 123 Å². The molecule has 2 rings (SSSR count). The largest absolute Gasteiger partial charge is 0.396 e. The lowest BCUT2D eigenvalue weighted by atomic mass is 10.1. The lowest BCUT2D eigenvalue weighted by Crippen LogP contribution is -2.29. The zero-order chi connectivity index (χ0) is 13.8. The van der Waals surface area contributed by atoms with E-state index in [9.17, 15) is 0 Å². The van der Waals surface area contributed by atoms with Gasteiger partial charge in [-0.25, -0.2) is 0 Å². The number of nitrogens with two attached hydrogens (primary N) is 1. The van der Waals surface area contributed by atoms with Gasteiger partial charge >= 0.3 is 0 Å². The molecule has 0 radical (unpaired) electrons. The van der Waals surface area contributed by atoms with Gasteiger partial charge in [0.2, 0.25) is 0 Å². The van der Waals surface area contributed by atoms with Crippen LogP contribution in [0.2, 0.25) is 0 Å². The van der Waals surface area contributed by atoms with E-state index in [4.69, 9.17) is 10.8 Å². The number of halogens is 1. The van der Waals surface area contributed by atoms with Crippen LogP contribution >= 0.6 is 15.9 Å². The fraction of sp³-hybridized carbons (Fsp3) is 0.600. The molecule has 1 aromatic carbocycles. The van der Waals surface area contributed by atoms with Crippen molar-refractivity contribution in [2.75, 3.05) is 18.1 Å². The highest BCUT2D eigenvalue weighted by molar-refractivity contribution is 9.10. The van der Waals surface area contributed by atoms with Crippen molar-refractivity contribution in [3.63, 3.8) is 0 Å². The number of hydrogen-bond donors (Lipinski definition) is 2. The molecule has 0 aliphatic carbocycles. The van der Waals surface area contributed by atoms with E-state index >= 15 is 0 Å². The summed E-state index contributed by atoms with van der Waals surface area (Å²) in [6, 6.07) is 7.08. The Bertz CT molecular complexity index is 423. The SMILES string of the molecule is CC(N)c1ccc(N2CCCC2CCCO)cc1Br. The standard InChI is InChI=1S/C15H23BrN2O/c1-11(17)14-7-6-13(10-15(14)16)18-8-2-4-12(18)5-3-9-19/h6-7,10-12,19H,2-5,8-9,17H2,1H3. The third-order valence-electron chi connectivity index (χ3n) is 3.88. The first-order chi connectivity index (χ1) is 9.13. The van der Waals surface area contributed by atoms with Crippen molar-refractivity contribution in [1.29, 1.82) is 0 Å². The van der Waals surface area contributed by atoms with Crippen LogP contribution in [0.3, 0.4) is 0 Å². The number of nitrogens with zero attached hydrogens (tertiary/aromatic N) is 1. The van der Waals surface area contributed by atoms with Gasteiger partial charge in [0.15, 0.2) is 0 Å². The average Bonchev–Trinajstić information content (AvgIpc) is 2.83. The predicted molar refractivity (Wildman–Crippen MR) is 83.4 cm³/mol. The molecule has 0 amide bonds. The molecule has 3 nitrogen and oxygen atoms in total. The monoisotopic (exact) mass is 326 g/mol. The maximum atomic E-state index is 8.99. The zero-order valence-corrected chi connectivity index (χ0v) is 13.1. The van der Waals surface area contributed by atoms with Crippen molar-refractivity contribution in [2.24, 2.45) is 5.73 Å². The van der Waals surface area contributed by atoms with Gasteiger partial charge in [0.05, 0.1) is 0 Å². The highest BCUT2D eigenvalue weighted by Crippen LogP contribution is 2.32. The molecule has 1 saturated heterocycles. The van der Waals surface area contributed by atoms with Crippen molar-refractivity contribution in [3.8, 4) is 0 Å². The maximum absolute atomic E-state index is 8.99. The molecule has 1 aliphatic heterocycles. The van der Waals surface area contributed by atoms with Gasteiger partial charge in [-0.1, -0.05) is 22.0 Å². The molecule has 106 valence electrons. The van der Waals surface area contributed by atoms with Crippen LogP contribution in [0.25, 0.3) is 0 Å². The van der Waals surface area contributed by atoms with Crippen LogP contribution in [-0.4, -0.2) is 24.3 Å². The lowest BCUT2D eigenvalue weighted by Gasteiger charge is -2.27. The molecule has 1 heterocycles. The number of hydrogen-bond acceptors (Lipinski definition) is 3. The van der Waals surface area contributed by atoms with Gasteiger partial charge in [-0.3, -0.25) is 0 Å². The summed E-state index contributed by atoms with van der Waals surface area (Å²) >= 11 is 3.62. The van der Waals surface area contributed by atoms with Crippen LogP contribution in [0.4, 0.5) is 5.69 Å². The average molecular weight is 327 g/mol. The number of rotatable bonds is 5. The molecule has 4 heteroatoms. The minimum atomic E-state index is 0.0483. The highest BCUT2D eigenvalue weighted by Gasteiger charge is 2.24. The molecule has 1 aliphatic rings. The van der Waals surface area contributed by atoms with Gasteiger partial charge < -0.3 is 15.7 Å². The first-order valence-corrected chi connectivity index (χ1v) is 7.85. The summed E-state index contributed by atoms with van der Waals surface area (Å²) in [5, 5.41) is 8.99. The van der Waals surface area contributed by atoms with E-state index in [0.717, 1.165) is 29.4 Å². The molecule has 2 unspecified atom stereocenters. The van der Waals surface area contributed by atoms with E-state index in [1.807, 2.05) is 6.92 Å². The van der Waals surface area contributed by atoms with E-state index in [2.05, 4.69) is 39.0 Å². The van der Waals surface area contributed by atoms with Crippen LogP contribution in [0.1, 0.15) is 44.2 Å². The molecular weight excluding hydrogens is 304 g/mol. The summed E-state index contributed by atoms with van der Waals surface area (Å²) in [7, 11) is 0. The summed E-state index contributed by atoms with van der Waals surface area (Å²) in [6.07, 6.45) is 4.43. The first-order valence-electron chi connectivity index (χ1n) is 7.06. The molecule has 1 aromatic rings. The minimum absolute atomic E-state index is 0.0483. The van der Waals surface area contributed by atoms with E-state index in [1.165, 1.54) is 18.5 Å². The van der Waals surface area contributed by atoms with Gasteiger partial charge in [0, 0.05) is 35.4 Å². The second-order valence-electron chi connectivity index (χ2n) is 5.35. The molecule has 0 spiro atoms. The van der Waals surface area contributed by atoms with E-state index < -0.39 is 0 Å². The third-order valence-corrected chi connectivity index (χ3v) is 4.57. The maximum Gasteiger partial charge on any atom is 0.0431 e. The Morgan fingerprint density at radius 2 is 2.32 bits per heavy atom. The van der Waals surface area contributed by atoms with Crippen molar-refractivity contribution in [1.82, 2.24) is 0 Å². The molecule has 0 aromatic heterocycles. The second kappa shape index (κ2) is 6.73. The van der Waals surface area contributed by atoms with Gasteiger partial charge in [0.1, 0.15) is 0 Å².